The Balaban J connectivity index is 1.05. The second-order valence-electron chi connectivity index (χ2n) is 32.5. The zero-order valence-corrected chi connectivity index (χ0v) is 56.5. The summed E-state index contributed by atoms with van der Waals surface area (Å²) in [6, 6.07) is 78.0. The number of hydrogen-bond donors (Lipinski definition) is 0. The molecule has 90 heavy (non-hydrogen) atoms. The molecular formula is C85H93BN4. The Labute approximate surface area is 539 Å². The van der Waals surface area contributed by atoms with Crippen molar-refractivity contribution in [3.8, 4) is 0 Å². The van der Waals surface area contributed by atoms with Gasteiger partial charge in [0, 0.05) is 67.7 Å². The van der Waals surface area contributed by atoms with Gasteiger partial charge < -0.3 is 19.6 Å². The molecule has 6 aliphatic rings. The lowest BCUT2D eigenvalue weighted by molar-refractivity contribution is 0.215. The van der Waals surface area contributed by atoms with Gasteiger partial charge in [-0.25, -0.2) is 0 Å². The summed E-state index contributed by atoms with van der Waals surface area (Å²) in [7, 11) is 0. The van der Waals surface area contributed by atoms with Gasteiger partial charge in [-0.05, 0) is 202 Å². The maximum Gasteiger partial charge on any atom is 0.252 e. The highest BCUT2D eigenvalue weighted by Gasteiger charge is 2.63. The lowest BCUT2D eigenvalue weighted by Crippen LogP contribution is -2.62. The highest BCUT2D eigenvalue weighted by molar-refractivity contribution is 7.00. The van der Waals surface area contributed by atoms with Crippen molar-refractivity contribution in [3.05, 3.63) is 244 Å². The average molecular weight is 1180 g/mol. The van der Waals surface area contributed by atoms with Crippen LogP contribution in [0.2, 0.25) is 0 Å². The van der Waals surface area contributed by atoms with Crippen molar-refractivity contribution >= 4 is 80.0 Å². The van der Waals surface area contributed by atoms with Gasteiger partial charge in [0.2, 0.25) is 0 Å². The Kier molecular flexibility index (Phi) is 13.1. The Morgan fingerprint density at radius 2 is 0.711 bits per heavy atom. The van der Waals surface area contributed by atoms with Gasteiger partial charge in [0.25, 0.3) is 6.71 Å². The normalized spacial score (nSPS) is 22.5. The molecule has 4 atom stereocenters. The quantitative estimate of drug-likeness (QED) is 0.154. The Morgan fingerprint density at radius 1 is 0.333 bits per heavy atom. The Bertz CT molecular complexity index is 4290. The molecule has 4 aliphatic heterocycles. The molecule has 2 aliphatic carbocycles. The first-order valence-electron chi connectivity index (χ1n) is 34.0. The third kappa shape index (κ3) is 8.45. The van der Waals surface area contributed by atoms with Crippen LogP contribution >= 0.6 is 0 Å². The molecule has 2 fully saturated rings. The Morgan fingerprint density at radius 3 is 1.19 bits per heavy atom. The second-order valence-corrected chi connectivity index (χ2v) is 32.5. The van der Waals surface area contributed by atoms with Crippen LogP contribution in [-0.4, -0.2) is 17.8 Å². The summed E-state index contributed by atoms with van der Waals surface area (Å²) < 4.78 is 0. The van der Waals surface area contributed by atoms with Crippen LogP contribution in [0.15, 0.2) is 194 Å². The first kappa shape index (κ1) is 58.6. The van der Waals surface area contributed by atoms with E-state index in [2.05, 4.69) is 318 Å². The largest absolute Gasteiger partial charge is 0.334 e. The molecule has 5 heteroatoms. The van der Waals surface area contributed by atoms with E-state index in [1.807, 2.05) is 0 Å². The number of aryl methyl sites for hydroxylation is 1. The third-order valence-corrected chi connectivity index (χ3v) is 23.1. The zero-order chi connectivity index (χ0) is 62.9. The van der Waals surface area contributed by atoms with Gasteiger partial charge >= 0.3 is 0 Å². The number of anilines is 10. The van der Waals surface area contributed by atoms with Crippen molar-refractivity contribution in [3.63, 3.8) is 0 Å². The first-order chi connectivity index (χ1) is 42.8. The molecule has 0 bridgehead atoms. The van der Waals surface area contributed by atoms with Gasteiger partial charge in [-0.3, -0.25) is 0 Å². The minimum absolute atomic E-state index is 0.00456. The molecule has 2 saturated carbocycles. The summed E-state index contributed by atoms with van der Waals surface area (Å²) in [6.45, 7) is 35.8. The smallest absolute Gasteiger partial charge is 0.252 e. The molecule has 15 rings (SSSR count). The van der Waals surface area contributed by atoms with E-state index >= 15 is 0 Å². The van der Waals surface area contributed by atoms with Crippen molar-refractivity contribution in [2.24, 2.45) is 0 Å². The van der Waals surface area contributed by atoms with E-state index in [-0.39, 0.29) is 50.3 Å². The van der Waals surface area contributed by atoms with Crippen LogP contribution in [0.4, 0.5) is 56.9 Å². The van der Waals surface area contributed by atoms with E-state index in [0.717, 1.165) is 25.7 Å². The van der Waals surface area contributed by atoms with Crippen LogP contribution in [0.25, 0.3) is 0 Å². The van der Waals surface area contributed by atoms with Crippen molar-refractivity contribution in [1.29, 1.82) is 0 Å². The molecule has 0 radical (unpaired) electrons. The first-order valence-corrected chi connectivity index (χ1v) is 34.0. The highest BCUT2D eigenvalue weighted by Crippen LogP contribution is 2.66. The molecule has 4 unspecified atom stereocenters. The van der Waals surface area contributed by atoms with E-state index in [1.165, 1.54) is 149 Å². The average Bonchev–Trinajstić information content (AvgIpc) is 1.37. The van der Waals surface area contributed by atoms with E-state index in [0.29, 0.717) is 0 Å². The lowest BCUT2D eigenvalue weighted by Gasteiger charge is -2.53. The highest BCUT2D eigenvalue weighted by atomic mass is 15.3. The zero-order valence-electron chi connectivity index (χ0n) is 56.5. The summed E-state index contributed by atoms with van der Waals surface area (Å²) in [5, 5.41) is 0. The predicted octanol–water partition coefficient (Wildman–Crippen LogP) is 20.8. The summed E-state index contributed by atoms with van der Waals surface area (Å²) in [4.78, 5) is 11.1. The van der Waals surface area contributed by atoms with E-state index in [1.54, 1.807) is 0 Å². The van der Waals surface area contributed by atoms with Crippen LogP contribution in [0.3, 0.4) is 0 Å². The van der Waals surface area contributed by atoms with Crippen LogP contribution < -0.4 is 36.0 Å². The third-order valence-electron chi connectivity index (χ3n) is 23.1. The number of fused-ring (bicyclic) bond motifs is 10. The van der Waals surface area contributed by atoms with Gasteiger partial charge in [-0.2, -0.15) is 0 Å². The molecular weight excluding hydrogens is 1090 g/mol. The number of hydrogen-bond acceptors (Lipinski definition) is 4. The molecule has 9 aromatic rings. The molecule has 0 spiro atoms. The van der Waals surface area contributed by atoms with Gasteiger partial charge in [0.15, 0.2) is 0 Å². The SMILES string of the molecule is Cc1ccc2c(c1)C1(c3ccccc3)CCCCC1(C)N2c1ccc2c(c1)B1c3cc(C(C)(C)C)ccc3N(c3ccc(C(C)(C)C)cc3)c3cc(N4c5ccc(C(C)(C)C)cc5C5(c6ccccc6)CCCCC45C)cc(c31)N2c1ccc(C(C)(C)C)cc1. The molecule has 9 aromatic carbocycles. The molecule has 0 amide bonds. The standard InChI is InChI=1S/C85H93BN4/c1-56-30-42-71-67(50-56)84(59-26-18-16-19-27-59)48-24-22-46-82(84,14)89(71)65-41-45-74-70(53-65)86-69-52-62(81(11,12)13)36-44-73(69)87(63-37-31-57(32-38-63)78(2,3)4)75-54-66(55-76(77(75)86)88(74)64-39-33-58(34-40-64)79(5,6)7)90-72-43-35-61(80(8,9)10)51-68(72)85(60-28-20-17-21-29-60)49-25-23-47-83(85,90)15/h16-21,26-45,50-55H,22-25,46-49H2,1-15H3. The van der Waals surface area contributed by atoms with Crippen molar-refractivity contribution in [2.75, 3.05) is 19.6 Å². The van der Waals surface area contributed by atoms with Gasteiger partial charge in [-0.15, -0.1) is 0 Å². The number of rotatable bonds is 6. The van der Waals surface area contributed by atoms with E-state index in [4.69, 9.17) is 0 Å². The van der Waals surface area contributed by atoms with E-state index in [9.17, 15) is 0 Å². The van der Waals surface area contributed by atoms with Crippen molar-refractivity contribution in [2.45, 2.75) is 199 Å². The fourth-order valence-electron chi connectivity index (χ4n) is 18.4. The van der Waals surface area contributed by atoms with Gasteiger partial charge in [-0.1, -0.05) is 236 Å². The summed E-state index contributed by atoms with van der Waals surface area (Å²) in [6.07, 6.45) is 9.14. The number of benzene rings is 9. The van der Waals surface area contributed by atoms with Crippen LogP contribution in [0.1, 0.15) is 198 Å². The molecule has 0 aromatic heterocycles. The van der Waals surface area contributed by atoms with E-state index < -0.39 is 0 Å². The van der Waals surface area contributed by atoms with Crippen LogP contribution in [0.5, 0.6) is 0 Å². The molecule has 4 heterocycles. The topological polar surface area (TPSA) is 13.0 Å². The lowest BCUT2D eigenvalue weighted by atomic mass is 9.33. The summed E-state index contributed by atoms with van der Waals surface area (Å²) >= 11 is 0. The van der Waals surface area contributed by atoms with Crippen molar-refractivity contribution < 1.29 is 0 Å². The molecule has 0 saturated heterocycles. The van der Waals surface area contributed by atoms with Crippen LogP contribution in [0, 0.1) is 6.92 Å². The Hall–Kier alpha value is -7.76. The maximum absolute atomic E-state index is 2.86. The minimum Gasteiger partial charge on any atom is -0.334 e. The summed E-state index contributed by atoms with van der Waals surface area (Å²) in [5.41, 5.74) is 28.0. The van der Waals surface area contributed by atoms with Gasteiger partial charge in [0.05, 0.1) is 11.1 Å². The fraction of sp³-hybridized carbons (Fsp3) is 0.365. The maximum atomic E-state index is 2.86. The van der Waals surface area contributed by atoms with Crippen LogP contribution in [-0.2, 0) is 32.5 Å². The molecule has 4 nitrogen and oxygen atoms in total. The fourth-order valence-corrected chi connectivity index (χ4v) is 18.4. The number of nitrogens with zero attached hydrogens (tertiary/aromatic N) is 4. The van der Waals surface area contributed by atoms with Crippen molar-refractivity contribution in [1.82, 2.24) is 0 Å². The van der Waals surface area contributed by atoms with Gasteiger partial charge in [0.1, 0.15) is 0 Å². The minimum atomic E-state index is -0.297. The monoisotopic (exact) mass is 1180 g/mol. The molecule has 0 N–H and O–H groups in total. The summed E-state index contributed by atoms with van der Waals surface area (Å²) in [5.74, 6) is 0. The predicted molar refractivity (Wildman–Crippen MR) is 385 cm³/mol. The molecule has 456 valence electrons. The second kappa shape index (κ2) is 20.1.